The summed E-state index contributed by atoms with van der Waals surface area (Å²) in [6.07, 6.45) is 2.21. The lowest BCUT2D eigenvalue weighted by Crippen LogP contribution is -2.33. The van der Waals surface area contributed by atoms with Crippen molar-refractivity contribution in [3.8, 4) is 11.4 Å². The van der Waals surface area contributed by atoms with Gasteiger partial charge in [0.2, 0.25) is 5.44 Å². The molecule has 188 valence electrons. The van der Waals surface area contributed by atoms with Crippen molar-refractivity contribution < 1.29 is 0 Å². The van der Waals surface area contributed by atoms with Crippen LogP contribution in [0.5, 0.6) is 0 Å². The average Bonchev–Trinajstić information content (AvgIpc) is 3.50. The first kappa shape index (κ1) is 24.9. The van der Waals surface area contributed by atoms with E-state index in [1.54, 1.807) is 0 Å². The number of nitrogens with zero attached hydrogens (tertiary/aromatic N) is 4. The number of tetrazole rings is 1. The molecule has 0 radical (unpaired) electrons. The molecular formula is C33H25ClN4P+. The molecule has 0 aliphatic carbocycles. The Kier molecular flexibility index (Phi) is 7.14. The van der Waals surface area contributed by atoms with Gasteiger partial charge in [0.25, 0.3) is 0 Å². The number of hydrogen-bond donors (Lipinski definition) is 0. The van der Waals surface area contributed by atoms with Gasteiger partial charge in [-0.15, -0.1) is 5.10 Å². The maximum absolute atomic E-state index is 6.28. The Morgan fingerprint density at radius 1 is 0.590 bits per heavy atom. The van der Waals surface area contributed by atoms with Crippen molar-refractivity contribution >= 4 is 46.3 Å². The van der Waals surface area contributed by atoms with Crippen LogP contribution in [-0.2, 0) is 0 Å². The van der Waals surface area contributed by atoms with E-state index in [0.717, 1.165) is 16.6 Å². The van der Waals surface area contributed by atoms with Gasteiger partial charge >= 0.3 is 0 Å². The summed E-state index contributed by atoms with van der Waals surface area (Å²) in [5, 5.41) is 17.6. The van der Waals surface area contributed by atoms with Crippen molar-refractivity contribution in [2.24, 2.45) is 0 Å². The standard InChI is InChI=1S/C33H25ClN4P/c34-28-23-21-26(22-24-28)25-32(38-33(35-36-37-38)27-13-5-1-6-14-27)39(29-15-7-2-8-16-29,30-17-9-3-10-18-30)31-19-11-4-12-20-31/h1-25H/q+1. The lowest BCUT2D eigenvalue weighted by atomic mass is 10.2. The molecule has 4 nitrogen and oxygen atoms in total. The molecular weight excluding hydrogens is 519 g/mol. The Hall–Kier alpha value is -4.37. The Bertz CT molecular complexity index is 1590. The molecule has 5 aromatic carbocycles. The molecule has 6 heteroatoms. The summed E-state index contributed by atoms with van der Waals surface area (Å²) >= 11 is 6.28. The Morgan fingerprint density at radius 3 is 1.54 bits per heavy atom. The van der Waals surface area contributed by atoms with Gasteiger partial charge in [-0.05, 0) is 64.5 Å². The summed E-state index contributed by atoms with van der Waals surface area (Å²) in [5.74, 6) is 0.683. The first-order valence-electron chi connectivity index (χ1n) is 12.6. The van der Waals surface area contributed by atoms with Crippen LogP contribution in [0.15, 0.2) is 146 Å². The van der Waals surface area contributed by atoms with Crippen molar-refractivity contribution in [1.82, 2.24) is 20.2 Å². The quantitative estimate of drug-likeness (QED) is 0.205. The second kappa shape index (κ2) is 11.2. The number of rotatable bonds is 7. The van der Waals surface area contributed by atoms with Gasteiger partial charge < -0.3 is 0 Å². The van der Waals surface area contributed by atoms with Crippen molar-refractivity contribution in [2.75, 3.05) is 0 Å². The molecule has 0 fully saturated rings. The maximum atomic E-state index is 6.28. The van der Waals surface area contributed by atoms with E-state index in [2.05, 4.69) is 113 Å². The highest BCUT2D eigenvalue weighted by Crippen LogP contribution is 2.65. The van der Waals surface area contributed by atoms with Crippen LogP contribution >= 0.6 is 18.9 Å². The summed E-state index contributed by atoms with van der Waals surface area (Å²) in [6, 6.07) is 50.1. The van der Waals surface area contributed by atoms with Crippen LogP contribution in [0, 0.1) is 0 Å². The van der Waals surface area contributed by atoms with E-state index in [9.17, 15) is 0 Å². The van der Waals surface area contributed by atoms with E-state index in [4.69, 9.17) is 11.6 Å². The molecule has 6 rings (SSSR count). The normalized spacial score (nSPS) is 11.9. The SMILES string of the molecule is Clc1ccc(C=C(n2nnnc2-c2ccccc2)[P+](c2ccccc2)(c2ccccc2)c2ccccc2)cc1. The second-order valence-corrected chi connectivity index (χ2v) is 12.8. The van der Waals surface area contributed by atoms with Crippen LogP contribution in [0.2, 0.25) is 5.02 Å². The molecule has 39 heavy (non-hydrogen) atoms. The first-order chi connectivity index (χ1) is 19.3. The van der Waals surface area contributed by atoms with Gasteiger partial charge in [-0.2, -0.15) is 4.68 Å². The third-order valence-corrected chi connectivity index (χ3v) is 11.1. The zero-order valence-electron chi connectivity index (χ0n) is 21.0. The predicted octanol–water partition coefficient (Wildman–Crippen LogP) is 6.94. The van der Waals surface area contributed by atoms with Crippen molar-refractivity contribution in [2.45, 2.75) is 0 Å². The summed E-state index contributed by atoms with van der Waals surface area (Å²) in [7, 11) is -2.53. The number of hydrogen-bond acceptors (Lipinski definition) is 3. The van der Waals surface area contributed by atoms with E-state index in [0.29, 0.717) is 10.8 Å². The minimum atomic E-state index is -2.53. The zero-order valence-corrected chi connectivity index (χ0v) is 22.7. The van der Waals surface area contributed by atoms with E-state index in [1.807, 2.05) is 59.3 Å². The summed E-state index contributed by atoms with van der Waals surface area (Å²) in [6.45, 7) is 0. The average molecular weight is 544 g/mol. The number of benzene rings is 5. The highest BCUT2D eigenvalue weighted by molar-refractivity contribution is 8.03. The van der Waals surface area contributed by atoms with Gasteiger partial charge in [0, 0.05) is 16.7 Å². The number of halogens is 1. The van der Waals surface area contributed by atoms with Gasteiger partial charge in [-0.3, -0.25) is 0 Å². The Labute approximate surface area is 233 Å². The van der Waals surface area contributed by atoms with Crippen molar-refractivity contribution in [3.05, 3.63) is 156 Å². The largest absolute Gasteiger partial charge is 0.203 e. The first-order valence-corrected chi connectivity index (χ1v) is 14.8. The van der Waals surface area contributed by atoms with Gasteiger partial charge in [0.1, 0.15) is 15.9 Å². The van der Waals surface area contributed by atoms with E-state index >= 15 is 0 Å². The molecule has 0 atom stereocenters. The molecule has 0 saturated carbocycles. The highest BCUT2D eigenvalue weighted by Gasteiger charge is 2.52. The molecule has 0 N–H and O–H groups in total. The Balaban J connectivity index is 1.76. The van der Waals surface area contributed by atoms with E-state index in [1.165, 1.54) is 15.9 Å². The van der Waals surface area contributed by atoms with E-state index < -0.39 is 7.26 Å². The van der Waals surface area contributed by atoms with Crippen LogP contribution in [-0.4, -0.2) is 20.2 Å². The van der Waals surface area contributed by atoms with Crippen LogP contribution in [0.4, 0.5) is 0 Å². The zero-order chi connectivity index (χ0) is 26.5. The summed E-state index contributed by atoms with van der Waals surface area (Å²) in [4.78, 5) is 0. The van der Waals surface area contributed by atoms with Gasteiger partial charge in [0.15, 0.2) is 13.1 Å². The predicted molar refractivity (Wildman–Crippen MR) is 164 cm³/mol. The lowest BCUT2D eigenvalue weighted by molar-refractivity contribution is 0.815. The second-order valence-electron chi connectivity index (χ2n) is 9.01. The molecule has 0 aliphatic rings. The summed E-state index contributed by atoms with van der Waals surface area (Å²) in [5.41, 5.74) is 2.95. The minimum Gasteiger partial charge on any atom is -0.159 e. The fraction of sp³-hybridized carbons (Fsp3) is 0. The van der Waals surface area contributed by atoms with Gasteiger partial charge in [-0.25, -0.2) is 0 Å². The van der Waals surface area contributed by atoms with Gasteiger partial charge in [-0.1, -0.05) is 109 Å². The molecule has 0 spiro atoms. The van der Waals surface area contributed by atoms with Gasteiger partial charge in [0.05, 0.1) is 0 Å². The monoisotopic (exact) mass is 543 g/mol. The lowest BCUT2D eigenvalue weighted by Gasteiger charge is -2.29. The molecule has 1 aromatic heterocycles. The van der Waals surface area contributed by atoms with Crippen LogP contribution < -0.4 is 15.9 Å². The van der Waals surface area contributed by atoms with Crippen LogP contribution in [0.25, 0.3) is 22.9 Å². The van der Waals surface area contributed by atoms with Crippen molar-refractivity contribution in [1.29, 1.82) is 0 Å². The van der Waals surface area contributed by atoms with Crippen LogP contribution in [0.1, 0.15) is 5.56 Å². The minimum absolute atomic E-state index is 0.683. The number of aromatic nitrogens is 4. The topological polar surface area (TPSA) is 43.6 Å². The maximum Gasteiger partial charge on any atom is 0.203 e. The molecule has 1 heterocycles. The molecule has 0 aliphatic heterocycles. The smallest absolute Gasteiger partial charge is 0.159 e. The fourth-order valence-electron chi connectivity index (χ4n) is 4.92. The molecule has 0 unspecified atom stereocenters. The van der Waals surface area contributed by atoms with Crippen molar-refractivity contribution in [3.63, 3.8) is 0 Å². The third kappa shape index (κ3) is 4.81. The fourth-order valence-corrected chi connectivity index (χ4v) is 9.35. The summed E-state index contributed by atoms with van der Waals surface area (Å²) < 4.78 is 1.92. The molecule has 0 bridgehead atoms. The molecule has 6 aromatic rings. The van der Waals surface area contributed by atoms with E-state index in [-0.39, 0.29) is 0 Å². The third-order valence-electron chi connectivity index (χ3n) is 6.66. The molecule has 0 amide bonds. The Morgan fingerprint density at radius 2 is 1.05 bits per heavy atom. The van der Waals surface area contributed by atoms with Crippen LogP contribution in [0.3, 0.4) is 0 Å². The molecule has 0 saturated heterocycles. The highest BCUT2D eigenvalue weighted by atomic mass is 35.5.